The van der Waals surface area contributed by atoms with Crippen molar-refractivity contribution < 1.29 is 9.13 Å². The van der Waals surface area contributed by atoms with E-state index in [1.807, 2.05) is 6.07 Å². The Balaban J connectivity index is 1.65. The van der Waals surface area contributed by atoms with Crippen LogP contribution in [0.1, 0.15) is 31.4 Å². The predicted octanol–water partition coefficient (Wildman–Crippen LogP) is 3.96. The summed E-state index contributed by atoms with van der Waals surface area (Å²) in [6.45, 7) is 4.15. The first-order chi connectivity index (χ1) is 11.2. The minimum atomic E-state index is -0.161. The van der Waals surface area contributed by atoms with Crippen LogP contribution in [0, 0.1) is 11.7 Å². The van der Waals surface area contributed by atoms with Crippen molar-refractivity contribution in [3.63, 3.8) is 0 Å². The van der Waals surface area contributed by atoms with Crippen molar-refractivity contribution >= 4 is 10.9 Å². The van der Waals surface area contributed by atoms with E-state index >= 15 is 0 Å². The van der Waals surface area contributed by atoms with E-state index in [1.165, 1.54) is 31.5 Å². The van der Waals surface area contributed by atoms with Crippen molar-refractivity contribution in [2.24, 2.45) is 13.0 Å². The van der Waals surface area contributed by atoms with Gasteiger partial charge in [-0.05, 0) is 62.4 Å². The molecule has 0 N–H and O–H groups in total. The Labute approximate surface area is 138 Å². The lowest BCUT2D eigenvalue weighted by molar-refractivity contribution is 0.141. The molecule has 1 saturated heterocycles. The topological polar surface area (TPSA) is 17.4 Å². The number of aromatic nitrogens is 1. The van der Waals surface area contributed by atoms with E-state index in [1.54, 1.807) is 19.2 Å². The fourth-order valence-electron chi connectivity index (χ4n) is 3.81. The number of halogens is 1. The first-order valence-electron chi connectivity index (χ1n) is 8.62. The van der Waals surface area contributed by atoms with Gasteiger partial charge in [0.1, 0.15) is 5.82 Å². The summed E-state index contributed by atoms with van der Waals surface area (Å²) in [6.07, 6.45) is 5.02. The number of hydrogen-bond acceptors (Lipinski definition) is 2. The zero-order valence-corrected chi connectivity index (χ0v) is 14.2. The van der Waals surface area contributed by atoms with Gasteiger partial charge in [-0.2, -0.15) is 0 Å². The van der Waals surface area contributed by atoms with Gasteiger partial charge in [0.25, 0.3) is 0 Å². The maximum absolute atomic E-state index is 13.4. The lowest BCUT2D eigenvalue weighted by Gasteiger charge is -2.32. The minimum Gasteiger partial charge on any atom is -0.385 e. The van der Waals surface area contributed by atoms with Crippen LogP contribution in [0.5, 0.6) is 0 Å². The molecule has 1 aromatic carbocycles. The lowest BCUT2D eigenvalue weighted by atomic mass is 9.93. The summed E-state index contributed by atoms with van der Waals surface area (Å²) in [5, 5.41) is 0.996. The molecule has 3 nitrogen and oxygen atoms in total. The molecule has 2 heterocycles. The highest BCUT2D eigenvalue weighted by molar-refractivity contribution is 5.81. The summed E-state index contributed by atoms with van der Waals surface area (Å²) in [7, 11) is 3.85. The number of fused-ring (bicyclic) bond motifs is 1. The number of nitrogens with zero attached hydrogens (tertiary/aromatic N) is 2. The van der Waals surface area contributed by atoms with Gasteiger partial charge in [-0.1, -0.05) is 0 Å². The Morgan fingerprint density at radius 3 is 3.00 bits per heavy atom. The van der Waals surface area contributed by atoms with Gasteiger partial charge in [-0.3, -0.25) is 4.90 Å². The third-order valence-corrected chi connectivity index (χ3v) is 5.05. The van der Waals surface area contributed by atoms with E-state index in [2.05, 4.69) is 22.6 Å². The van der Waals surface area contributed by atoms with Gasteiger partial charge in [0.15, 0.2) is 0 Å². The number of ether oxygens (including phenoxy) is 1. The molecular weight excluding hydrogens is 291 g/mol. The number of aryl methyl sites for hydroxylation is 1. The summed E-state index contributed by atoms with van der Waals surface area (Å²) in [5.41, 5.74) is 2.37. The van der Waals surface area contributed by atoms with Crippen LogP contribution in [-0.4, -0.2) is 36.3 Å². The molecule has 1 atom stereocenters. The van der Waals surface area contributed by atoms with Gasteiger partial charge in [-0.15, -0.1) is 0 Å². The first-order valence-corrected chi connectivity index (χ1v) is 8.62. The molecule has 0 saturated carbocycles. The van der Waals surface area contributed by atoms with E-state index in [9.17, 15) is 4.39 Å². The van der Waals surface area contributed by atoms with Crippen LogP contribution >= 0.6 is 0 Å². The van der Waals surface area contributed by atoms with E-state index in [-0.39, 0.29) is 5.82 Å². The van der Waals surface area contributed by atoms with Gasteiger partial charge in [0, 0.05) is 50.5 Å². The highest BCUT2D eigenvalue weighted by Crippen LogP contribution is 2.25. The average molecular weight is 318 g/mol. The molecule has 23 heavy (non-hydrogen) atoms. The second-order valence-electron chi connectivity index (χ2n) is 6.78. The van der Waals surface area contributed by atoms with Crippen LogP contribution in [0.2, 0.25) is 0 Å². The number of methoxy groups -OCH3 is 1. The average Bonchev–Trinajstić information content (AvgIpc) is 2.83. The molecule has 0 bridgehead atoms. The SMILES string of the molecule is COCCCC1CCCN(Cc2cc3cc(F)ccc3n2C)C1. The summed E-state index contributed by atoms with van der Waals surface area (Å²) in [6, 6.07) is 7.17. The maximum Gasteiger partial charge on any atom is 0.123 e. The molecule has 2 aromatic rings. The number of hydrogen-bond donors (Lipinski definition) is 0. The van der Waals surface area contributed by atoms with E-state index < -0.39 is 0 Å². The number of benzene rings is 1. The number of likely N-dealkylation sites (tertiary alicyclic amines) is 1. The van der Waals surface area contributed by atoms with Crippen LogP contribution in [0.25, 0.3) is 10.9 Å². The second kappa shape index (κ2) is 7.45. The van der Waals surface area contributed by atoms with Gasteiger partial charge in [-0.25, -0.2) is 4.39 Å². The monoisotopic (exact) mass is 318 g/mol. The zero-order chi connectivity index (χ0) is 16.2. The molecule has 1 aliphatic rings. The molecule has 0 spiro atoms. The molecule has 0 amide bonds. The molecule has 1 aliphatic heterocycles. The smallest absolute Gasteiger partial charge is 0.123 e. The molecule has 126 valence electrons. The fourth-order valence-corrected chi connectivity index (χ4v) is 3.81. The molecule has 1 aromatic heterocycles. The molecule has 1 fully saturated rings. The van der Waals surface area contributed by atoms with Gasteiger partial charge in [0.05, 0.1) is 0 Å². The summed E-state index contributed by atoms with van der Waals surface area (Å²) in [5.74, 6) is 0.622. The van der Waals surface area contributed by atoms with Gasteiger partial charge in [0.2, 0.25) is 0 Å². The van der Waals surface area contributed by atoms with Crippen molar-refractivity contribution in [2.75, 3.05) is 26.8 Å². The van der Waals surface area contributed by atoms with Crippen LogP contribution in [0.3, 0.4) is 0 Å². The summed E-state index contributed by atoms with van der Waals surface area (Å²) < 4.78 is 20.8. The summed E-state index contributed by atoms with van der Waals surface area (Å²) in [4.78, 5) is 2.55. The summed E-state index contributed by atoms with van der Waals surface area (Å²) >= 11 is 0. The van der Waals surface area contributed by atoms with Crippen molar-refractivity contribution in [3.8, 4) is 0 Å². The standard InChI is InChI=1S/C19H27FN2O/c1-21-18(12-16-11-17(20)7-8-19(16)21)14-22-9-3-5-15(13-22)6-4-10-23-2/h7-8,11-12,15H,3-6,9-10,13-14H2,1-2H3. The minimum absolute atomic E-state index is 0.161. The van der Waals surface area contributed by atoms with E-state index in [4.69, 9.17) is 4.74 Å². The molecule has 3 rings (SSSR count). The Morgan fingerprint density at radius 2 is 2.17 bits per heavy atom. The Morgan fingerprint density at radius 1 is 1.30 bits per heavy atom. The van der Waals surface area contributed by atoms with Crippen LogP contribution in [0.4, 0.5) is 4.39 Å². The fraction of sp³-hybridized carbons (Fsp3) is 0.579. The van der Waals surface area contributed by atoms with Crippen molar-refractivity contribution in [1.82, 2.24) is 9.47 Å². The lowest BCUT2D eigenvalue weighted by Crippen LogP contribution is -2.35. The zero-order valence-electron chi connectivity index (χ0n) is 14.2. The normalized spacial score (nSPS) is 19.5. The molecule has 4 heteroatoms. The van der Waals surface area contributed by atoms with E-state index in [0.717, 1.165) is 42.9 Å². The Hall–Kier alpha value is -1.39. The first kappa shape index (κ1) is 16.5. The number of rotatable bonds is 6. The molecular formula is C19H27FN2O. The van der Waals surface area contributed by atoms with Crippen molar-refractivity contribution in [1.29, 1.82) is 0 Å². The van der Waals surface area contributed by atoms with E-state index in [0.29, 0.717) is 0 Å². The van der Waals surface area contributed by atoms with Crippen LogP contribution < -0.4 is 0 Å². The largest absolute Gasteiger partial charge is 0.385 e. The molecule has 0 aliphatic carbocycles. The molecule has 1 unspecified atom stereocenters. The van der Waals surface area contributed by atoms with Gasteiger partial charge >= 0.3 is 0 Å². The van der Waals surface area contributed by atoms with Crippen molar-refractivity contribution in [2.45, 2.75) is 32.2 Å². The molecule has 0 radical (unpaired) electrons. The van der Waals surface area contributed by atoms with Crippen LogP contribution in [-0.2, 0) is 18.3 Å². The third kappa shape index (κ3) is 3.93. The van der Waals surface area contributed by atoms with Crippen LogP contribution in [0.15, 0.2) is 24.3 Å². The second-order valence-corrected chi connectivity index (χ2v) is 6.78. The third-order valence-electron chi connectivity index (χ3n) is 5.05. The predicted molar refractivity (Wildman–Crippen MR) is 92.0 cm³/mol. The quantitative estimate of drug-likeness (QED) is 0.750. The van der Waals surface area contributed by atoms with Gasteiger partial charge < -0.3 is 9.30 Å². The highest BCUT2D eigenvalue weighted by atomic mass is 19.1. The number of piperidine rings is 1. The van der Waals surface area contributed by atoms with Crippen molar-refractivity contribution in [3.05, 3.63) is 35.8 Å². The Bertz CT molecular complexity index is 652. The maximum atomic E-state index is 13.4. The highest BCUT2D eigenvalue weighted by Gasteiger charge is 2.20. The Kier molecular flexibility index (Phi) is 5.34.